The van der Waals surface area contributed by atoms with Crippen molar-refractivity contribution >= 4 is 23.5 Å². The number of amides is 1. The maximum atomic E-state index is 11.8. The molecule has 0 saturated heterocycles. The molecule has 0 radical (unpaired) electrons. The molecule has 0 aliphatic heterocycles. The van der Waals surface area contributed by atoms with Crippen LogP contribution in [0.3, 0.4) is 0 Å². The Hall–Kier alpha value is -3.47. The number of nitrogens with one attached hydrogen (secondary N) is 2. The van der Waals surface area contributed by atoms with E-state index in [0.717, 1.165) is 16.9 Å². The first-order valence-corrected chi connectivity index (χ1v) is 7.47. The zero-order chi connectivity index (χ0) is 16.6. The predicted octanol–water partition coefficient (Wildman–Crippen LogP) is 3.59. The van der Waals surface area contributed by atoms with E-state index in [1.807, 2.05) is 54.6 Å². The highest BCUT2D eigenvalue weighted by molar-refractivity contribution is 5.94. The molecular formula is C19H16N4O. The van der Waals surface area contributed by atoms with Crippen molar-refractivity contribution in [1.82, 2.24) is 10.4 Å². The third-order valence-electron chi connectivity index (χ3n) is 3.30. The molecule has 5 heteroatoms. The highest BCUT2D eigenvalue weighted by Crippen LogP contribution is 2.15. The van der Waals surface area contributed by atoms with E-state index in [1.165, 1.54) is 0 Å². The number of nitrogens with zero attached hydrogens (tertiary/aromatic N) is 2. The van der Waals surface area contributed by atoms with E-state index in [2.05, 4.69) is 20.8 Å². The van der Waals surface area contributed by atoms with Crippen LogP contribution in [-0.4, -0.2) is 17.1 Å². The third kappa shape index (κ3) is 4.27. The molecule has 1 amide bonds. The van der Waals surface area contributed by atoms with Gasteiger partial charge in [0.25, 0.3) is 5.91 Å². The minimum absolute atomic E-state index is 0.268. The maximum absolute atomic E-state index is 11.8. The van der Waals surface area contributed by atoms with Crippen molar-refractivity contribution in [3.8, 4) is 0 Å². The van der Waals surface area contributed by atoms with Crippen LogP contribution in [0.15, 0.2) is 84.2 Å². The van der Waals surface area contributed by atoms with Crippen molar-refractivity contribution in [3.63, 3.8) is 0 Å². The number of benzene rings is 2. The lowest BCUT2D eigenvalue weighted by atomic mass is 10.2. The van der Waals surface area contributed by atoms with Gasteiger partial charge < -0.3 is 5.32 Å². The van der Waals surface area contributed by atoms with Crippen LogP contribution in [-0.2, 0) is 0 Å². The van der Waals surface area contributed by atoms with E-state index in [4.69, 9.17) is 0 Å². The van der Waals surface area contributed by atoms with Gasteiger partial charge in [0.05, 0.1) is 6.21 Å². The molecule has 0 aliphatic carbocycles. The molecule has 24 heavy (non-hydrogen) atoms. The van der Waals surface area contributed by atoms with Crippen LogP contribution in [0.1, 0.15) is 15.9 Å². The number of anilines is 2. The van der Waals surface area contributed by atoms with Crippen molar-refractivity contribution in [2.24, 2.45) is 5.10 Å². The molecule has 0 fully saturated rings. The van der Waals surface area contributed by atoms with Gasteiger partial charge in [0.15, 0.2) is 0 Å². The van der Waals surface area contributed by atoms with Gasteiger partial charge in [0.1, 0.15) is 0 Å². The fourth-order valence-corrected chi connectivity index (χ4v) is 2.07. The average Bonchev–Trinajstić information content (AvgIpc) is 2.65. The van der Waals surface area contributed by atoms with Crippen LogP contribution in [0.5, 0.6) is 0 Å². The molecule has 3 rings (SSSR count). The summed E-state index contributed by atoms with van der Waals surface area (Å²) < 4.78 is 0. The van der Waals surface area contributed by atoms with Crippen LogP contribution in [0, 0.1) is 0 Å². The van der Waals surface area contributed by atoms with Crippen LogP contribution in [0.4, 0.5) is 11.4 Å². The number of hydrogen-bond donors (Lipinski definition) is 2. The van der Waals surface area contributed by atoms with E-state index >= 15 is 0 Å². The molecule has 0 spiro atoms. The Kier molecular flexibility index (Phi) is 4.94. The number of hydrazone groups is 1. The molecule has 2 N–H and O–H groups in total. The van der Waals surface area contributed by atoms with Crippen LogP contribution >= 0.6 is 0 Å². The molecule has 1 aromatic heterocycles. The minimum Gasteiger partial charge on any atom is -0.356 e. The summed E-state index contributed by atoms with van der Waals surface area (Å²) in [5.74, 6) is -0.268. The minimum atomic E-state index is -0.268. The molecule has 3 aromatic rings. The summed E-state index contributed by atoms with van der Waals surface area (Å²) in [4.78, 5) is 15.7. The van der Waals surface area contributed by atoms with Gasteiger partial charge in [0.2, 0.25) is 0 Å². The lowest BCUT2D eigenvalue weighted by Gasteiger charge is -2.06. The lowest BCUT2D eigenvalue weighted by molar-refractivity contribution is 0.0955. The topological polar surface area (TPSA) is 66.4 Å². The zero-order valence-electron chi connectivity index (χ0n) is 12.9. The number of carbonyl (C=O) groups excluding carboxylic acids is 1. The quantitative estimate of drug-likeness (QED) is 0.558. The molecule has 5 nitrogen and oxygen atoms in total. The fourth-order valence-electron chi connectivity index (χ4n) is 2.07. The number of para-hydroxylation sites is 1. The number of hydrogen-bond acceptors (Lipinski definition) is 4. The fraction of sp³-hybridized carbons (Fsp3) is 0. The maximum Gasteiger partial charge on any atom is 0.271 e. The van der Waals surface area contributed by atoms with Crippen LogP contribution in [0.2, 0.25) is 0 Å². The van der Waals surface area contributed by atoms with Gasteiger partial charge in [-0.2, -0.15) is 5.10 Å². The molecule has 1 heterocycles. The first-order chi connectivity index (χ1) is 11.8. The van der Waals surface area contributed by atoms with E-state index in [-0.39, 0.29) is 5.91 Å². The van der Waals surface area contributed by atoms with Crippen molar-refractivity contribution in [2.45, 2.75) is 0 Å². The Morgan fingerprint density at radius 3 is 2.25 bits per heavy atom. The summed E-state index contributed by atoms with van der Waals surface area (Å²) in [7, 11) is 0. The second-order valence-electron chi connectivity index (χ2n) is 5.05. The number of aromatic nitrogens is 1. The summed E-state index contributed by atoms with van der Waals surface area (Å²) in [5.41, 5.74) is 5.92. The SMILES string of the molecule is O=C(NN=Cc1ccc(Nc2ccccc2)cc1)c1ccncc1. The van der Waals surface area contributed by atoms with Gasteiger partial charge in [-0.25, -0.2) is 5.43 Å². The third-order valence-corrected chi connectivity index (χ3v) is 3.30. The number of carbonyl (C=O) groups is 1. The Balaban J connectivity index is 1.57. The first-order valence-electron chi connectivity index (χ1n) is 7.47. The zero-order valence-corrected chi connectivity index (χ0v) is 12.9. The summed E-state index contributed by atoms with van der Waals surface area (Å²) in [6, 6.07) is 21.0. The van der Waals surface area contributed by atoms with E-state index in [9.17, 15) is 4.79 Å². The standard InChI is InChI=1S/C19H16N4O/c24-19(16-10-12-20-13-11-16)23-21-14-15-6-8-18(9-7-15)22-17-4-2-1-3-5-17/h1-14,22H,(H,23,24). The number of pyridine rings is 1. The highest BCUT2D eigenvalue weighted by Gasteiger charge is 2.01. The second-order valence-corrected chi connectivity index (χ2v) is 5.05. The Morgan fingerprint density at radius 1 is 0.875 bits per heavy atom. The molecule has 0 bridgehead atoms. The second kappa shape index (κ2) is 7.69. The van der Waals surface area contributed by atoms with Gasteiger partial charge in [-0.3, -0.25) is 9.78 Å². The predicted molar refractivity (Wildman–Crippen MR) is 95.5 cm³/mol. The normalized spacial score (nSPS) is 10.5. The molecule has 118 valence electrons. The molecule has 0 aliphatic rings. The van der Waals surface area contributed by atoms with Crippen LogP contribution in [0.25, 0.3) is 0 Å². The molecule has 0 saturated carbocycles. The van der Waals surface area contributed by atoms with Crippen molar-refractivity contribution in [2.75, 3.05) is 5.32 Å². The molecule has 2 aromatic carbocycles. The van der Waals surface area contributed by atoms with Gasteiger partial charge in [-0.15, -0.1) is 0 Å². The molecule has 0 unspecified atom stereocenters. The average molecular weight is 316 g/mol. The Bertz CT molecular complexity index is 815. The van der Waals surface area contributed by atoms with Gasteiger partial charge in [0, 0.05) is 29.3 Å². The van der Waals surface area contributed by atoms with Gasteiger partial charge >= 0.3 is 0 Å². The Labute approximate surface area is 140 Å². The first kappa shape index (κ1) is 15.4. The van der Waals surface area contributed by atoms with E-state index in [0.29, 0.717) is 5.56 Å². The smallest absolute Gasteiger partial charge is 0.271 e. The Morgan fingerprint density at radius 2 is 1.54 bits per heavy atom. The van der Waals surface area contributed by atoms with E-state index < -0.39 is 0 Å². The van der Waals surface area contributed by atoms with Gasteiger partial charge in [-0.1, -0.05) is 30.3 Å². The monoisotopic (exact) mass is 316 g/mol. The van der Waals surface area contributed by atoms with Gasteiger partial charge in [-0.05, 0) is 42.0 Å². The summed E-state index contributed by atoms with van der Waals surface area (Å²) in [6.45, 7) is 0. The summed E-state index contributed by atoms with van der Waals surface area (Å²) in [6.07, 6.45) is 4.74. The largest absolute Gasteiger partial charge is 0.356 e. The summed E-state index contributed by atoms with van der Waals surface area (Å²) in [5, 5.41) is 7.27. The lowest BCUT2D eigenvalue weighted by Crippen LogP contribution is -2.17. The van der Waals surface area contributed by atoms with Crippen molar-refractivity contribution in [3.05, 3.63) is 90.3 Å². The van der Waals surface area contributed by atoms with Crippen molar-refractivity contribution < 1.29 is 4.79 Å². The highest BCUT2D eigenvalue weighted by atomic mass is 16.2. The van der Waals surface area contributed by atoms with Crippen molar-refractivity contribution in [1.29, 1.82) is 0 Å². The number of rotatable bonds is 5. The summed E-state index contributed by atoms with van der Waals surface area (Å²) >= 11 is 0. The molecule has 0 atom stereocenters. The van der Waals surface area contributed by atoms with E-state index in [1.54, 1.807) is 30.7 Å². The van der Waals surface area contributed by atoms with Crippen LogP contribution < -0.4 is 10.7 Å². The molecular weight excluding hydrogens is 300 g/mol.